The predicted molar refractivity (Wildman–Crippen MR) is 173 cm³/mol. The zero-order valence-corrected chi connectivity index (χ0v) is 25.7. The van der Waals surface area contributed by atoms with Gasteiger partial charge < -0.3 is 25.6 Å². The average molecular weight is 595 g/mol. The van der Waals surface area contributed by atoms with Crippen LogP contribution in [-0.4, -0.2) is 81.8 Å². The number of aromatic nitrogens is 4. The summed E-state index contributed by atoms with van der Waals surface area (Å²) in [6.07, 6.45) is 7.59. The molecule has 0 spiro atoms. The Morgan fingerprint density at radius 1 is 1.00 bits per heavy atom. The number of hydrogen-bond donors (Lipinski definition) is 2. The largest absolute Gasteiger partial charge is 0.495 e. The number of carbonyl (C=O) groups excluding carboxylic acids is 1. The lowest BCUT2D eigenvalue weighted by Gasteiger charge is -2.41. The summed E-state index contributed by atoms with van der Waals surface area (Å²) in [5, 5.41) is 8.94. The summed E-state index contributed by atoms with van der Waals surface area (Å²) in [6.45, 7) is 4.47. The SMILES string of the molecule is COc1cc(-c2nn(C3CCN(C4CCN(C)CC4)CC3)c3ncnc(N)c23)ccc1NC(=O)C[C@@H]1C[C@H]1c1ccccc1. The highest BCUT2D eigenvalue weighted by Gasteiger charge is 2.39. The van der Waals surface area contributed by atoms with E-state index in [1.165, 1.54) is 37.8 Å². The first-order valence-electron chi connectivity index (χ1n) is 15.9. The molecule has 2 atom stereocenters. The number of nitrogen functional groups attached to an aromatic ring is 1. The van der Waals surface area contributed by atoms with E-state index in [2.05, 4.69) is 61.1 Å². The van der Waals surface area contributed by atoms with E-state index >= 15 is 0 Å². The quantitative estimate of drug-likeness (QED) is 0.295. The number of rotatable bonds is 8. The van der Waals surface area contributed by atoms with Crippen LogP contribution in [-0.2, 0) is 4.79 Å². The van der Waals surface area contributed by atoms with Crippen LogP contribution >= 0.6 is 0 Å². The van der Waals surface area contributed by atoms with Crippen molar-refractivity contribution < 1.29 is 9.53 Å². The van der Waals surface area contributed by atoms with E-state index in [4.69, 9.17) is 15.6 Å². The molecular weight excluding hydrogens is 552 g/mol. The zero-order chi connectivity index (χ0) is 30.2. The van der Waals surface area contributed by atoms with Gasteiger partial charge in [0.25, 0.3) is 0 Å². The smallest absolute Gasteiger partial charge is 0.224 e. The highest BCUT2D eigenvalue weighted by atomic mass is 16.5. The Bertz CT molecular complexity index is 1620. The number of nitrogens with one attached hydrogen (secondary N) is 1. The fourth-order valence-corrected chi connectivity index (χ4v) is 7.27. The van der Waals surface area contributed by atoms with Crippen LogP contribution in [0.25, 0.3) is 22.3 Å². The van der Waals surface area contributed by atoms with Crippen LogP contribution in [0.1, 0.15) is 56.0 Å². The molecule has 3 aliphatic rings. The van der Waals surface area contributed by atoms with E-state index in [9.17, 15) is 4.79 Å². The number of ether oxygens (including phenoxy) is 1. The van der Waals surface area contributed by atoms with Crippen molar-refractivity contribution >= 4 is 28.4 Å². The highest BCUT2D eigenvalue weighted by Crippen LogP contribution is 2.49. The minimum atomic E-state index is -0.00144. The maximum absolute atomic E-state index is 13.0. The molecule has 230 valence electrons. The molecule has 3 N–H and O–H groups in total. The molecule has 1 saturated carbocycles. The maximum Gasteiger partial charge on any atom is 0.224 e. The Balaban J connectivity index is 1.08. The van der Waals surface area contributed by atoms with Gasteiger partial charge in [0, 0.05) is 31.1 Å². The van der Waals surface area contributed by atoms with E-state index in [1.807, 2.05) is 24.3 Å². The molecule has 10 nitrogen and oxygen atoms in total. The number of nitrogens with zero attached hydrogens (tertiary/aromatic N) is 6. The second kappa shape index (κ2) is 12.2. The van der Waals surface area contributed by atoms with E-state index in [0.29, 0.717) is 41.6 Å². The summed E-state index contributed by atoms with van der Waals surface area (Å²) in [6, 6.07) is 17.1. The molecular formula is C34H42N8O2. The molecule has 2 aliphatic heterocycles. The van der Waals surface area contributed by atoms with Crippen LogP contribution in [0.3, 0.4) is 0 Å². The van der Waals surface area contributed by atoms with Crippen molar-refractivity contribution in [3.63, 3.8) is 0 Å². The predicted octanol–water partition coefficient (Wildman–Crippen LogP) is 4.95. The molecule has 44 heavy (non-hydrogen) atoms. The third kappa shape index (κ3) is 5.76. The molecule has 7 rings (SSSR count). The van der Waals surface area contributed by atoms with Gasteiger partial charge in [-0.15, -0.1) is 0 Å². The van der Waals surface area contributed by atoms with Crippen molar-refractivity contribution in [1.82, 2.24) is 29.5 Å². The standard InChI is InChI=1S/C34H42N8O2/c1-40-14-10-25(11-15-40)41-16-12-26(13-17-41)42-34-31(33(35)36-21-37-34)32(39-42)23-8-9-28(29(19-23)44-2)38-30(43)20-24-18-27(24)22-6-4-3-5-7-22/h3-9,19,21,24-27H,10-18,20H2,1-2H3,(H,38,43)(H2,35,36,37)/t24-,27-/m0/s1. The van der Waals surface area contributed by atoms with E-state index in [-0.39, 0.29) is 11.9 Å². The van der Waals surface area contributed by atoms with Crippen LogP contribution < -0.4 is 15.8 Å². The summed E-state index contributed by atoms with van der Waals surface area (Å²) in [5.41, 5.74) is 10.7. The van der Waals surface area contributed by atoms with Gasteiger partial charge in [0.05, 0.1) is 24.2 Å². The van der Waals surface area contributed by atoms with Crippen LogP contribution in [0.4, 0.5) is 11.5 Å². The molecule has 3 fully saturated rings. The summed E-state index contributed by atoms with van der Waals surface area (Å²) in [7, 11) is 3.83. The second-order valence-electron chi connectivity index (χ2n) is 12.7. The summed E-state index contributed by atoms with van der Waals surface area (Å²) in [5.74, 6) is 1.82. The Morgan fingerprint density at radius 2 is 1.75 bits per heavy atom. The molecule has 1 amide bonds. The third-order valence-corrected chi connectivity index (χ3v) is 9.91. The lowest BCUT2D eigenvalue weighted by Crippen LogP contribution is -2.47. The normalized spacial score (nSPS) is 21.9. The summed E-state index contributed by atoms with van der Waals surface area (Å²) >= 11 is 0. The summed E-state index contributed by atoms with van der Waals surface area (Å²) in [4.78, 5) is 27.0. The lowest BCUT2D eigenvalue weighted by atomic mass is 9.98. The fraction of sp³-hybridized carbons (Fsp3) is 0.471. The number of hydrogen-bond acceptors (Lipinski definition) is 8. The van der Waals surface area contributed by atoms with Crippen LogP contribution in [0, 0.1) is 5.92 Å². The van der Waals surface area contributed by atoms with Gasteiger partial charge in [0.15, 0.2) is 5.65 Å². The number of anilines is 2. The number of piperidine rings is 2. The number of fused-ring (bicyclic) bond motifs is 1. The number of carbonyl (C=O) groups is 1. The average Bonchev–Trinajstić information content (AvgIpc) is 3.70. The van der Waals surface area contributed by atoms with Crippen molar-refractivity contribution in [2.45, 2.75) is 56.5 Å². The van der Waals surface area contributed by atoms with Gasteiger partial charge in [0.1, 0.15) is 23.6 Å². The van der Waals surface area contributed by atoms with Crippen molar-refractivity contribution in [2.24, 2.45) is 5.92 Å². The van der Waals surface area contributed by atoms with E-state index < -0.39 is 0 Å². The fourth-order valence-electron chi connectivity index (χ4n) is 7.27. The zero-order valence-electron chi connectivity index (χ0n) is 25.7. The first-order chi connectivity index (χ1) is 21.5. The van der Waals surface area contributed by atoms with Gasteiger partial charge in [-0.05, 0) is 81.8 Å². The van der Waals surface area contributed by atoms with E-state index in [1.54, 1.807) is 7.11 Å². The molecule has 0 unspecified atom stereocenters. The molecule has 4 aromatic rings. The van der Waals surface area contributed by atoms with Crippen LogP contribution in [0.2, 0.25) is 0 Å². The van der Waals surface area contributed by atoms with Gasteiger partial charge in [-0.25, -0.2) is 14.6 Å². The number of methoxy groups -OCH3 is 1. The van der Waals surface area contributed by atoms with Gasteiger partial charge in [-0.1, -0.05) is 36.4 Å². The molecule has 0 radical (unpaired) electrons. The monoisotopic (exact) mass is 594 g/mol. The first-order valence-corrected chi connectivity index (χ1v) is 15.9. The Labute approximate surface area is 258 Å². The van der Waals surface area contributed by atoms with Gasteiger partial charge in [-0.2, -0.15) is 5.10 Å². The Hall–Kier alpha value is -4.02. The number of nitrogens with two attached hydrogens (primary N) is 1. The molecule has 2 aromatic carbocycles. The molecule has 2 saturated heterocycles. The van der Waals surface area contributed by atoms with Crippen molar-refractivity contribution in [3.8, 4) is 17.0 Å². The summed E-state index contributed by atoms with van der Waals surface area (Å²) < 4.78 is 7.81. The minimum absolute atomic E-state index is 0.00144. The lowest BCUT2D eigenvalue weighted by molar-refractivity contribution is -0.116. The molecule has 2 aromatic heterocycles. The van der Waals surface area contributed by atoms with Crippen LogP contribution in [0.15, 0.2) is 54.9 Å². The number of likely N-dealkylation sites (tertiary alicyclic amines) is 2. The van der Waals surface area contributed by atoms with Gasteiger partial charge in [0.2, 0.25) is 5.91 Å². The van der Waals surface area contributed by atoms with Crippen molar-refractivity contribution in [3.05, 3.63) is 60.4 Å². The third-order valence-electron chi connectivity index (χ3n) is 9.91. The van der Waals surface area contributed by atoms with E-state index in [0.717, 1.165) is 54.6 Å². The molecule has 1 aliphatic carbocycles. The van der Waals surface area contributed by atoms with Crippen LogP contribution in [0.5, 0.6) is 5.75 Å². The topological polar surface area (TPSA) is 114 Å². The molecule has 4 heterocycles. The van der Waals surface area contributed by atoms with Gasteiger partial charge in [-0.3, -0.25) is 4.79 Å². The van der Waals surface area contributed by atoms with Crippen molar-refractivity contribution in [2.75, 3.05) is 51.4 Å². The van der Waals surface area contributed by atoms with Gasteiger partial charge >= 0.3 is 0 Å². The maximum atomic E-state index is 13.0. The number of amides is 1. The van der Waals surface area contributed by atoms with Crippen molar-refractivity contribution in [1.29, 1.82) is 0 Å². The Morgan fingerprint density at radius 3 is 2.50 bits per heavy atom. The first kappa shape index (κ1) is 28.7. The second-order valence-corrected chi connectivity index (χ2v) is 12.7. The number of benzene rings is 2. The minimum Gasteiger partial charge on any atom is -0.495 e. The Kier molecular flexibility index (Phi) is 7.95. The molecule has 0 bridgehead atoms. The molecule has 10 heteroatoms. The highest BCUT2D eigenvalue weighted by molar-refractivity contribution is 5.99.